The Balaban J connectivity index is 1.92. The van der Waals surface area contributed by atoms with E-state index in [1.54, 1.807) is 12.4 Å². The molecule has 0 aromatic carbocycles. The van der Waals surface area contributed by atoms with Gasteiger partial charge in [-0.15, -0.1) is 0 Å². The number of carbonyl (C=O) groups is 1. The van der Waals surface area contributed by atoms with Crippen LogP contribution in [0.3, 0.4) is 0 Å². The SMILES string of the molecule is CC(C)N1CCN(Cc2ccncc2)CC1=O. The molecule has 1 aromatic heterocycles. The summed E-state index contributed by atoms with van der Waals surface area (Å²) in [5.41, 5.74) is 1.21. The van der Waals surface area contributed by atoms with Crippen LogP contribution in [0, 0.1) is 0 Å². The number of hydrogen-bond acceptors (Lipinski definition) is 3. The lowest BCUT2D eigenvalue weighted by atomic mass is 10.2. The normalized spacial score (nSPS) is 17.8. The highest BCUT2D eigenvalue weighted by Crippen LogP contribution is 2.10. The second kappa shape index (κ2) is 5.27. The van der Waals surface area contributed by atoms with E-state index >= 15 is 0 Å². The maximum Gasteiger partial charge on any atom is 0.237 e. The Labute approximate surface area is 102 Å². The van der Waals surface area contributed by atoms with Crippen molar-refractivity contribution in [1.29, 1.82) is 0 Å². The van der Waals surface area contributed by atoms with Crippen molar-refractivity contribution >= 4 is 5.91 Å². The summed E-state index contributed by atoms with van der Waals surface area (Å²) in [6, 6.07) is 4.31. The Kier molecular flexibility index (Phi) is 3.74. The first-order chi connectivity index (χ1) is 8.16. The van der Waals surface area contributed by atoms with Gasteiger partial charge in [0.25, 0.3) is 0 Å². The number of nitrogens with zero attached hydrogens (tertiary/aromatic N) is 3. The Morgan fingerprint density at radius 3 is 2.59 bits per heavy atom. The molecule has 2 heterocycles. The Morgan fingerprint density at radius 2 is 2.00 bits per heavy atom. The van der Waals surface area contributed by atoms with Crippen molar-refractivity contribution in [3.8, 4) is 0 Å². The van der Waals surface area contributed by atoms with Gasteiger partial charge in [-0.2, -0.15) is 0 Å². The molecule has 92 valence electrons. The van der Waals surface area contributed by atoms with Gasteiger partial charge in [0, 0.05) is 38.1 Å². The summed E-state index contributed by atoms with van der Waals surface area (Å²) in [5.74, 6) is 0.236. The van der Waals surface area contributed by atoms with E-state index in [4.69, 9.17) is 0 Å². The zero-order valence-corrected chi connectivity index (χ0v) is 10.5. The molecule has 0 spiro atoms. The first-order valence-corrected chi connectivity index (χ1v) is 6.07. The minimum absolute atomic E-state index is 0.236. The molecule has 17 heavy (non-hydrogen) atoms. The molecule has 1 saturated heterocycles. The third kappa shape index (κ3) is 3.03. The molecule has 0 bridgehead atoms. The second-order valence-corrected chi connectivity index (χ2v) is 4.75. The van der Waals surface area contributed by atoms with Gasteiger partial charge in [0.2, 0.25) is 5.91 Å². The first kappa shape index (κ1) is 12.0. The fraction of sp³-hybridized carbons (Fsp3) is 0.538. The van der Waals surface area contributed by atoms with Crippen LogP contribution in [0.1, 0.15) is 19.4 Å². The fourth-order valence-electron chi connectivity index (χ4n) is 2.16. The zero-order valence-electron chi connectivity index (χ0n) is 10.5. The molecule has 0 aliphatic carbocycles. The van der Waals surface area contributed by atoms with Crippen LogP contribution in [0.25, 0.3) is 0 Å². The van der Waals surface area contributed by atoms with Crippen molar-refractivity contribution in [2.75, 3.05) is 19.6 Å². The van der Waals surface area contributed by atoms with Crippen LogP contribution in [-0.2, 0) is 11.3 Å². The molecule has 0 atom stereocenters. The molecule has 1 amide bonds. The van der Waals surface area contributed by atoms with E-state index in [2.05, 4.69) is 23.7 Å². The molecular weight excluding hydrogens is 214 g/mol. The smallest absolute Gasteiger partial charge is 0.237 e. The average Bonchev–Trinajstić information content (AvgIpc) is 2.30. The highest BCUT2D eigenvalue weighted by Gasteiger charge is 2.25. The highest BCUT2D eigenvalue weighted by atomic mass is 16.2. The van der Waals surface area contributed by atoms with E-state index in [9.17, 15) is 4.79 Å². The lowest BCUT2D eigenvalue weighted by Crippen LogP contribution is -2.52. The molecule has 2 rings (SSSR count). The molecule has 1 aromatic rings. The van der Waals surface area contributed by atoms with Crippen molar-refractivity contribution in [3.63, 3.8) is 0 Å². The molecule has 1 fully saturated rings. The molecule has 0 unspecified atom stereocenters. The van der Waals surface area contributed by atoms with Gasteiger partial charge in [-0.05, 0) is 31.5 Å². The molecule has 1 aliphatic rings. The number of piperazine rings is 1. The van der Waals surface area contributed by atoms with Gasteiger partial charge in [-0.3, -0.25) is 14.7 Å². The van der Waals surface area contributed by atoms with Crippen LogP contribution in [-0.4, -0.2) is 46.4 Å². The van der Waals surface area contributed by atoms with Crippen LogP contribution in [0.4, 0.5) is 0 Å². The average molecular weight is 233 g/mol. The van der Waals surface area contributed by atoms with Gasteiger partial charge >= 0.3 is 0 Å². The minimum atomic E-state index is 0.236. The Morgan fingerprint density at radius 1 is 1.29 bits per heavy atom. The van der Waals surface area contributed by atoms with Crippen molar-refractivity contribution in [1.82, 2.24) is 14.8 Å². The molecule has 0 N–H and O–H groups in total. The van der Waals surface area contributed by atoms with Gasteiger partial charge in [0.1, 0.15) is 0 Å². The van der Waals surface area contributed by atoms with Gasteiger partial charge in [0.05, 0.1) is 6.54 Å². The first-order valence-electron chi connectivity index (χ1n) is 6.07. The predicted molar refractivity (Wildman–Crippen MR) is 66.4 cm³/mol. The second-order valence-electron chi connectivity index (χ2n) is 4.75. The van der Waals surface area contributed by atoms with Crippen LogP contribution in [0.15, 0.2) is 24.5 Å². The third-order valence-electron chi connectivity index (χ3n) is 3.12. The van der Waals surface area contributed by atoms with Crippen LogP contribution in [0.2, 0.25) is 0 Å². The maximum absolute atomic E-state index is 11.9. The number of pyridine rings is 1. The highest BCUT2D eigenvalue weighted by molar-refractivity contribution is 5.79. The van der Waals surface area contributed by atoms with Gasteiger partial charge in [-0.25, -0.2) is 0 Å². The van der Waals surface area contributed by atoms with Gasteiger partial charge in [-0.1, -0.05) is 0 Å². The minimum Gasteiger partial charge on any atom is -0.338 e. The fourth-order valence-corrected chi connectivity index (χ4v) is 2.16. The monoisotopic (exact) mass is 233 g/mol. The number of aromatic nitrogens is 1. The van der Waals surface area contributed by atoms with Gasteiger partial charge < -0.3 is 4.90 Å². The summed E-state index contributed by atoms with van der Waals surface area (Å²) >= 11 is 0. The predicted octanol–water partition coefficient (Wildman–Crippen LogP) is 1.13. The van der Waals surface area contributed by atoms with Crippen LogP contribution < -0.4 is 0 Å². The molecule has 4 nitrogen and oxygen atoms in total. The molecule has 0 radical (unpaired) electrons. The topological polar surface area (TPSA) is 36.4 Å². The lowest BCUT2D eigenvalue weighted by molar-refractivity contribution is -0.138. The standard InChI is InChI=1S/C13H19N3O/c1-11(2)16-8-7-15(10-13(16)17)9-12-3-5-14-6-4-12/h3-6,11H,7-10H2,1-2H3. The van der Waals surface area contributed by atoms with Crippen molar-refractivity contribution in [2.24, 2.45) is 0 Å². The summed E-state index contributed by atoms with van der Waals surface area (Å²) in [6.45, 7) is 7.28. The molecular formula is C13H19N3O. The largest absolute Gasteiger partial charge is 0.338 e. The van der Waals surface area contributed by atoms with E-state index < -0.39 is 0 Å². The Bertz CT molecular complexity index is 378. The van der Waals surface area contributed by atoms with E-state index in [0.717, 1.165) is 19.6 Å². The molecule has 4 heteroatoms. The Hall–Kier alpha value is -1.42. The van der Waals surface area contributed by atoms with Crippen molar-refractivity contribution in [2.45, 2.75) is 26.4 Å². The van der Waals surface area contributed by atoms with E-state index in [-0.39, 0.29) is 5.91 Å². The number of hydrogen-bond donors (Lipinski definition) is 0. The molecule has 1 aliphatic heterocycles. The van der Waals surface area contributed by atoms with E-state index in [1.165, 1.54) is 5.56 Å². The number of rotatable bonds is 3. The summed E-state index contributed by atoms with van der Waals surface area (Å²) in [4.78, 5) is 20.0. The number of carbonyl (C=O) groups excluding carboxylic acids is 1. The van der Waals surface area contributed by atoms with Gasteiger partial charge in [0.15, 0.2) is 0 Å². The van der Waals surface area contributed by atoms with E-state index in [0.29, 0.717) is 12.6 Å². The summed E-state index contributed by atoms with van der Waals surface area (Å²) in [5, 5.41) is 0. The van der Waals surface area contributed by atoms with Crippen LogP contribution >= 0.6 is 0 Å². The van der Waals surface area contributed by atoms with E-state index in [1.807, 2.05) is 17.0 Å². The lowest BCUT2D eigenvalue weighted by Gasteiger charge is -2.36. The summed E-state index contributed by atoms with van der Waals surface area (Å²) in [6.07, 6.45) is 3.59. The maximum atomic E-state index is 11.9. The molecule has 0 saturated carbocycles. The summed E-state index contributed by atoms with van der Waals surface area (Å²) < 4.78 is 0. The number of amides is 1. The zero-order chi connectivity index (χ0) is 12.3. The van der Waals surface area contributed by atoms with Crippen LogP contribution in [0.5, 0.6) is 0 Å². The quantitative estimate of drug-likeness (QED) is 0.785. The van der Waals surface area contributed by atoms with Crippen molar-refractivity contribution in [3.05, 3.63) is 30.1 Å². The summed E-state index contributed by atoms with van der Waals surface area (Å²) in [7, 11) is 0. The third-order valence-corrected chi connectivity index (χ3v) is 3.12. The van der Waals surface area contributed by atoms with Crippen molar-refractivity contribution < 1.29 is 4.79 Å².